The number of carboxylic acid groups (broad SMARTS) is 1. The van der Waals surface area contributed by atoms with E-state index in [4.69, 9.17) is 0 Å². The molecule has 0 radical (unpaired) electrons. The molecule has 1 aliphatic rings. The average molecular weight is 497 g/mol. The van der Waals surface area contributed by atoms with Gasteiger partial charge in [0.15, 0.2) is 0 Å². The Kier molecular flexibility index (Phi) is 7.11. The second-order valence-electron chi connectivity index (χ2n) is 10.6. The Morgan fingerprint density at radius 3 is 2.65 bits per heavy atom. The first-order valence-electron chi connectivity index (χ1n) is 13.2. The highest BCUT2D eigenvalue weighted by Crippen LogP contribution is 2.35. The van der Waals surface area contributed by atoms with Crippen LogP contribution < -0.4 is 0 Å². The van der Waals surface area contributed by atoms with Crippen molar-refractivity contribution in [2.45, 2.75) is 59.0 Å². The normalized spacial score (nSPS) is 16.9. The van der Waals surface area contributed by atoms with Crippen LogP contribution in [-0.4, -0.2) is 37.5 Å². The number of hydrogen-bond donors (Lipinski definition) is 1. The molecule has 1 aliphatic heterocycles. The number of fused-ring (bicyclic) bond motifs is 2. The zero-order chi connectivity index (χ0) is 26.1. The number of aliphatic carboxylic acids is 1. The second-order valence-corrected chi connectivity index (χ2v) is 10.6. The minimum atomic E-state index is -0.805. The molecule has 4 aromatic rings. The Bertz CT molecular complexity index is 1440. The molecule has 0 aliphatic carbocycles. The van der Waals surface area contributed by atoms with E-state index in [-0.39, 0.29) is 12.3 Å². The number of carboxylic acids is 1. The van der Waals surface area contributed by atoms with Gasteiger partial charge in [0, 0.05) is 32.6 Å². The summed E-state index contributed by atoms with van der Waals surface area (Å²) in [7, 11) is 1.87. The SMILES string of the molecule is CCC1Cc2ccccc2CN(Cc2cc(C(CC(=O)O)c3ccc4c(nnn4C)c3C)ccc2C)C1. The number of rotatable bonds is 7. The molecule has 1 N–H and O–H groups in total. The fraction of sp³-hybridized carbons (Fsp3) is 0.387. The highest BCUT2D eigenvalue weighted by Gasteiger charge is 2.24. The van der Waals surface area contributed by atoms with Gasteiger partial charge in [-0.05, 0) is 71.2 Å². The first-order chi connectivity index (χ1) is 17.8. The molecule has 192 valence electrons. The molecule has 1 aromatic heterocycles. The highest BCUT2D eigenvalue weighted by molar-refractivity contribution is 5.80. The smallest absolute Gasteiger partial charge is 0.304 e. The lowest BCUT2D eigenvalue weighted by Gasteiger charge is -2.26. The number of carbonyl (C=O) groups is 1. The summed E-state index contributed by atoms with van der Waals surface area (Å²) in [5, 5.41) is 18.3. The Morgan fingerprint density at radius 2 is 1.89 bits per heavy atom. The molecule has 6 nitrogen and oxygen atoms in total. The van der Waals surface area contributed by atoms with Crippen LogP contribution in [-0.2, 0) is 31.4 Å². The van der Waals surface area contributed by atoms with E-state index in [0.717, 1.165) is 60.2 Å². The topological polar surface area (TPSA) is 71.2 Å². The van der Waals surface area contributed by atoms with E-state index in [1.807, 2.05) is 26.1 Å². The summed E-state index contributed by atoms with van der Waals surface area (Å²) in [4.78, 5) is 14.6. The van der Waals surface area contributed by atoms with Crippen LogP contribution in [0.2, 0.25) is 0 Å². The molecule has 2 unspecified atom stereocenters. The fourth-order valence-electron chi connectivity index (χ4n) is 5.88. The number of hydrogen-bond acceptors (Lipinski definition) is 4. The van der Waals surface area contributed by atoms with Crippen LogP contribution in [0.3, 0.4) is 0 Å². The Labute approximate surface area is 218 Å². The summed E-state index contributed by atoms with van der Waals surface area (Å²) in [6.07, 6.45) is 2.33. The lowest BCUT2D eigenvalue weighted by atomic mass is 9.84. The number of benzene rings is 3. The molecule has 0 amide bonds. The quantitative estimate of drug-likeness (QED) is 0.351. The summed E-state index contributed by atoms with van der Waals surface area (Å²) in [6.45, 7) is 9.33. The molecule has 3 aromatic carbocycles. The average Bonchev–Trinajstić information content (AvgIpc) is 3.16. The standard InChI is InChI=1S/C31H36N4O2/c1-5-22-14-23-8-6-7-9-25(23)18-35(17-22)19-26-15-24(11-10-20(26)2)28(16-30(36)37)27-12-13-29-31(21(27)3)32-33-34(29)4/h6-13,15,22,28H,5,14,16-19H2,1-4H3,(H,36,37). The van der Waals surface area contributed by atoms with E-state index in [9.17, 15) is 9.90 Å². The minimum Gasteiger partial charge on any atom is -0.481 e. The van der Waals surface area contributed by atoms with E-state index in [1.165, 1.54) is 22.3 Å². The van der Waals surface area contributed by atoms with Gasteiger partial charge in [-0.15, -0.1) is 5.10 Å². The summed E-state index contributed by atoms with van der Waals surface area (Å²) in [5.41, 5.74) is 10.2. The minimum absolute atomic E-state index is 0.0319. The molecule has 0 bridgehead atoms. The lowest BCUT2D eigenvalue weighted by molar-refractivity contribution is -0.137. The molecule has 0 fully saturated rings. The molecule has 0 spiro atoms. The van der Waals surface area contributed by atoms with Crippen LogP contribution in [0.25, 0.3) is 11.0 Å². The van der Waals surface area contributed by atoms with Gasteiger partial charge in [0.05, 0.1) is 11.9 Å². The van der Waals surface area contributed by atoms with E-state index in [0.29, 0.717) is 5.92 Å². The van der Waals surface area contributed by atoms with Gasteiger partial charge < -0.3 is 5.11 Å². The maximum atomic E-state index is 12.0. The highest BCUT2D eigenvalue weighted by atomic mass is 16.4. The first kappa shape index (κ1) is 25.2. The van der Waals surface area contributed by atoms with Gasteiger partial charge in [0.2, 0.25) is 0 Å². The van der Waals surface area contributed by atoms with E-state index in [1.54, 1.807) is 4.68 Å². The third-order valence-electron chi connectivity index (χ3n) is 8.12. The first-order valence-corrected chi connectivity index (χ1v) is 13.2. The summed E-state index contributed by atoms with van der Waals surface area (Å²) in [5.74, 6) is -0.426. The van der Waals surface area contributed by atoms with Gasteiger partial charge in [-0.3, -0.25) is 9.69 Å². The largest absolute Gasteiger partial charge is 0.481 e. The van der Waals surface area contributed by atoms with Gasteiger partial charge in [-0.2, -0.15) is 0 Å². The zero-order valence-corrected chi connectivity index (χ0v) is 22.2. The van der Waals surface area contributed by atoms with Crippen molar-refractivity contribution in [3.63, 3.8) is 0 Å². The van der Waals surface area contributed by atoms with Crippen molar-refractivity contribution in [3.05, 3.63) is 93.5 Å². The third kappa shape index (κ3) is 5.16. The van der Waals surface area contributed by atoms with Crippen molar-refractivity contribution in [2.24, 2.45) is 13.0 Å². The molecule has 0 saturated carbocycles. The monoisotopic (exact) mass is 496 g/mol. The van der Waals surface area contributed by atoms with Crippen LogP contribution in [0, 0.1) is 19.8 Å². The second kappa shape index (κ2) is 10.5. The van der Waals surface area contributed by atoms with Crippen LogP contribution in [0.5, 0.6) is 0 Å². The van der Waals surface area contributed by atoms with Crippen molar-refractivity contribution >= 4 is 17.0 Å². The Hall–Kier alpha value is -3.51. The van der Waals surface area contributed by atoms with Crippen molar-refractivity contribution in [3.8, 4) is 0 Å². The van der Waals surface area contributed by atoms with Crippen molar-refractivity contribution in [1.29, 1.82) is 0 Å². The fourth-order valence-corrected chi connectivity index (χ4v) is 5.88. The summed E-state index contributed by atoms with van der Waals surface area (Å²) >= 11 is 0. The molecule has 2 heterocycles. The van der Waals surface area contributed by atoms with E-state index >= 15 is 0 Å². The third-order valence-corrected chi connectivity index (χ3v) is 8.12. The van der Waals surface area contributed by atoms with Crippen LogP contribution in [0.4, 0.5) is 0 Å². The predicted molar refractivity (Wildman–Crippen MR) is 147 cm³/mol. The van der Waals surface area contributed by atoms with Crippen molar-refractivity contribution in [2.75, 3.05) is 6.54 Å². The van der Waals surface area contributed by atoms with Gasteiger partial charge in [0.1, 0.15) is 5.52 Å². The van der Waals surface area contributed by atoms with Gasteiger partial charge in [0.25, 0.3) is 0 Å². The van der Waals surface area contributed by atoms with Crippen molar-refractivity contribution in [1.82, 2.24) is 19.9 Å². The van der Waals surface area contributed by atoms with Crippen molar-refractivity contribution < 1.29 is 9.90 Å². The lowest BCUT2D eigenvalue weighted by Crippen LogP contribution is -2.27. The molecule has 5 rings (SSSR count). The maximum Gasteiger partial charge on any atom is 0.304 e. The van der Waals surface area contributed by atoms with Crippen LogP contribution in [0.15, 0.2) is 54.6 Å². The maximum absolute atomic E-state index is 12.0. The summed E-state index contributed by atoms with van der Waals surface area (Å²) < 4.78 is 1.76. The van der Waals surface area contributed by atoms with E-state index in [2.05, 4.69) is 71.5 Å². The van der Waals surface area contributed by atoms with Crippen LogP contribution >= 0.6 is 0 Å². The van der Waals surface area contributed by atoms with Gasteiger partial charge in [-0.1, -0.05) is 67.1 Å². The predicted octanol–water partition coefficient (Wildman–Crippen LogP) is 5.78. The molecule has 0 saturated heterocycles. The van der Waals surface area contributed by atoms with Crippen LogP contribution in [0.1, 0.15) is 64.6 Å². The van der Waals surface area contributed by atoms with E-state index < -0.39 is 5.97 Å². The number of aromatic nitrogens is 3. The number of aryl methyl sites for hydroxylation is 3. The van der Waals surface area contributed by atoms with Gasteiger partial charge >= 0.3 is 5.97 Å². The molecular weight excluding hydrogens is 460 g/mol. The molecule has 37 heavy (non-hydrogen) atoms. The molecular formula is C31H36N4O2. The molecule has 6 heteroatoms. The zero-order valence-electron chi connectivity index (χ0n) is 22.2. The Balaban J connectivity index is 1.50. The molecule has 2 atom stereocenters. The summed E-state index contributed by atoms with van der Waals surface area (Å²) in [6, 6.07) is 19.4. The number of nitrogens with zero attached hydrogens (tertiary/aromatic N) is 4. The Morgan fingerprint density at radius 1 is 1.11 bits per heavy atom. The van der Waals surface area contributed by atoms with Gasteiger partial charge in [-0.25, -0.2) is 4.68 Å².